The van der Waals surface area contributed by atoms with Gasteiger partial charge in [-0.2, -0.15) is 0 Å². The molecule has 32 heavy (non-hydrogen) atoms. The van der Waals surface area contributed by atoms with Crippen molar-refractivity contribution >= 4 is 17.6 Å². The molecule has 5 nitrogen and oxygen atoms in total. The Labute approximate surface area is 191 Å². The number of hydrogen-bond donors (Lipinski definition) is 1. The Kier molecular flexibility index (Phi) is 7.12. The van der Waals surface area contributed by atoms with E-state index in [9.17, 15) is 14.3 Å². The number of carbonyl (C=O) groups is 1. The summed E-state index contributed by atoms with van der Waals surface area (Å²) in [5.74, 6) is -0.669. The molecule has 7 heteroatoms. The van der Waals surface area contributed by atoms with E-state index >= 15 is 0 Å². The van der Waals surface area contributed by atoms with E-state index < -0.39 is 5.97 Å². The van der Waals surface area contributed by atoms with E-state index in [1.165, 1.54) is 18.3 Å². The predicted molar refractivity (Wildman–Crippen MR) is 121 cm³/mol. The number of aromatic nitrogens is 2. The van der Waals surface area contributed by atoms with Gasteiger partial charge in [0, 0.05) is 17.8 Å². The summed E-state index contributed by atoms with van der Waals surface area (Å²) in [5.41, 5.74) is 2.69. The van der Waals surface area contributed by atoms with Crippen LogP contribution in [0.1, 0.15) is 58.3 Å². The van der Waals surface area contributed by atoms with Crippen LogP contribution in [-0.4, -0.2) is 32.5 Å². The average molecular weight is 454 g/mol. The fourth-order valence-electron chi connectivity index (χ4n) is 4.22. The lowest BCUT2D eigenvalue weighted by Gasteiger charge is -2.35. The zero-order valence-corrected chi connectivity index (χ0v) is 18.4. The molecule has 1 fully saturated rings. The van der Waals surface area contributed by atoms with Gasteiger partial charge in [0.2, 0.25) is 0 Å². The molecule has 0 spiro atoms. The lowest BCUT2D eigenvalue weighted by molar-refractivity contribution is 0.0694. The Bertz CT molecular complexity index is 1090. The Hall–Kier alpha value is -2.83. The van der Waals surface area contributed by atoms with E-state index in [1.807, 2.05) is 18.2 Å². The van der Waals surface area contributed by atoms with Gasteiger partial charge in [0.1, 0.15) is 11.6 Å². The third-order valence-electron chi connectivity index (χ3n) is 5.87. The molecule has 0 aliphatic carbocycles. The van der Waals surface area contributed by atoms with Crippen molar-refractivity contribution in [3.8, 4) is 0 Å². The van der Waals surface area contributed by atoms with Gasteiger partial charge in [-0.25, -0.2) is 19.2 Å². The summed E-state index contributed by atoms with van der Waals surface area (Å²) >= 11 is 6.16. The highest BCUT2D eigenvalue weighted by molar-refractivity contribution is 6.30. The van der Waals surface area contributed by atoms with Crippen LogP contribution >= 0.6 is 11.6 Å². The molecule has 1 unspecified atom stereocenters. The molecule has 2 aromatic carbocycles. The van der Waals surface area contributed by atoms with Crippen molar-refractivity contribution in [1.82, 2.24) is 14.9 Å². The number of benzene rings is 2. The van der Waals surface area contributed by atoms with Crippen molar-refractivity contribution in [2.75, 3.05) is 6.54 Å². The predicted octanol–water partition coefficient (Wildman–Crippen LogP) is 5.48. The van der Waals surface area contributed by atoms with Crippen molar-refractivity contribution in [3.63, 3.8) is 0 Å². The van der Waals surface area contributed by atoms with Crippen molar-refractivity contribution in [1.29, 1.82) is 0 Å². The van der Waals surface area contributed by atoms with Crippen LogP contribution in [-0.2, 0) is 19.4 Å². The molecule has 4 rings (SSSR count). The highest BCUT2D eigenvalue weighted by Crippen LogP contribution is 2.31. The monoisotopic (exact) mass is 453 g/mol. The lowest BCUT2D eigenvalue weighted by atomic mass is 9.99. The van der Waals surface area contributed by atoms with E-state index in [0.717, 1.165) is 43.5 Å². The number of nitrogens with zero attached hydrogens (tertiary/aromatic N) is 3. The summed E-state index contributed by atoms with van der Waals surface area (Å²) in [6.45, 7) is 1.66. The second kappa shape index (κ2) is 10.2. The summed E-state index contributed by atoms with van der Waals surface area (Å²) in [5, 5.41) is 10.3. The van der Waals surface area contributed by atoms with E-state index in [2.05, 4.69) is 16.0 Å². The first-order chi connectivity index (χ1) is 15.5. The fourth-order valence-corrected chi connectivity index (χ4v) is 4.43. The van der Waals surface area contributed by atoms with Gasteiger partial charge in [0.15, 0.2) is 0 Å². The van der Waals surface area contributed by atoms with E-state index in [0.29, 0.717) is 29.4 Å². The molecule has 1 saturated heterocycles. The van der Waals surface area contributed by atoms with Gasteiger partial charge in [0.05, 0.1) is 17.3 Å². The molecule has 3 aromatic rings. The maximum atomic E-state index is 13.2. The highest BCUT2D eigenvalue weighted by atomic mass is 35.5. The number of halogens is 2. The SMILES string of the molecule is O=C(O)c1cnc(C2CCCCN2Cc2cccc(Cl)c2)nc1CCc1ccc(F)cc1. The Balaban J connectivity index is 1.57. The molecule has 0 amide bonds. The summed E-state index contributed by atoms with van der Waals surface area (Å²) in [6, 6.07) is 14.1. The lowest BCUT2D eigenvalue weighted by Crippen LogP contribution is -2.34. The molecule has 1 aliphatic heterocycles. The Morgan fingerprint density at radius 1 is 1.12 bits per heavy atom. The van der Waals surface area contributed by atoms with Crippen molar-refractivity contribution in [2.24, 2.45) is 0 Å². The molecule has 0 radical (unpaired) electrons. The number of aryl methyl sites for hydroxylation is 2. The van der Waals surface area contributed by atoms with E-state index in [1.54, 1.807) is 12.1 Å². The molecule has 166 valence electrons. The summed E-state index contributed by atoms with van der Waals surface area (Å²) in [6.07, 6.45) is 5.55. The summed E-state index contributed by atoms with van der Waals surface area (Å²) in [4.78, 5) is 23.3. The van der Waals surface area contributed by atoms with Gasteiger partial charge in [-0.05, 0) is 67.6 Å². The van der Waals surface area contributed by atoms with Crippen LogP contribution in [0.15, 0.2) is 54.7 Å². The second-order valence-electron chi connectivity index (χ2n) is 8.13. The van der Waals surface area contributed by atoms with Crippen LogP contribution in [0.5, 0.6) is 0 Å². The molecule has 0 bridgehead atoms. The minimum atomic E-state index is -1.04. The first kappa shape index (κ1) is 22.4. The standard InChI is InChI=1S/C25H25ClFN3O2/c26-19-5-3-4-18(14-19)16-30-13-2-1-6-23(30)24-28-15-21(25(31)32)22(29-24)12-9-17-7-10-20(27)11-8-17/h3-5,7-8,10-11,14-15,23H,1-2,6,9,12-13,16H2,(H,31,32). The molecule has 1 aromatic heterocycles. The van der Waals surface area contributed by atoms with E-state index in [4.69, 9.17) is 16.6 Å². The van der Waals surface area contributed by atoms with Gasteiger partial charge in [0.25, 0.3) is 0 Å². The first-order valence-corrected chi connectivity index (χ1v) is 11.2. The smallest absolute Gasteiger partial charge is 0.339 e. The highest BCUT2D eigenvalue weighted by Gasteiger charge is 2.27. The summed E-state index contributed by atoms with van der Waals surface area (Å²) in [7, 11) is 0. The number of likely N-dealkylation sites (tertiary alicyclic amines) is 1. The molecule has 1 N–H and O–H groups in total. The zero-order chi connectivity index (χ0) is 22.5. The first-order valence-electron chi connectivity index (χ1n) is 10.8. The third-order valence-corrected chi connectivity index (χ3v) is 6.10. The Morgan fingerprint density at radius 2 is 1.94 bits per heavy atom. The van der Waals surface area contributed by atoms with Gasteiger partial charge in [-0.15, -0.1) is 0 Å². The van der Waals surface area contributed by atoms with Gasteiger partial charge >= 0.3 is 5.97 Å². The number of carboxylic acid groups (broad SMARTS) is 1. The van der Waals surface area contributed by atoms with Crippen molar-refractivity contribution < 1.29 is 14.3 Å². The third kappa shape index (κ3) is 5.50. The minimum absolute atomic E-state index is 0.0233. The number of rotatable bonds is 7. The quantitative estimate of drug-likeness (QED) is 0.513. The summed E-state index contributed by atoms with van der Waals surface area (Å²) < 4.78 is 13.2. The van der Waals surface area contributed by atoms with Crippen LogP contribution in [0.25, 0.3) is 0 Å². The topological polar surface area (TPSA) is 66.3 Å². The van der Waals surface area contributed by atoms with E-state index in [-0.39, 0.29) is 17.4 Å². The minimum Gasteiger partial charge on any atom is -0.478 e. The van der Waals surface area contributed by atoms with Crippen molar-refractivity contribution in [3.05, 3.63) is 93.8 Å². The van der Waals surface area contributed by atoms with Crippen LogP contribution in [0.3, 0.4) is 0 Å². The molecular weight excluding hydrogens is 429 g/mol. The second-order valence-corrected chi connectivity index (χ2v) is 8.57. The number of piperidine rings is 1. The van der Waals surface area contributed by atoms with Crippen LogP contribution < -0.4 is 0 Å². The number of carboxylic acids is 1. The maximum absolute atomic E-state index is 13.2. The molecular formula is C25H25ClFN3O2. The average Bonchev–Trinajstić information content (AvgIpc) is 2.79. The van der Waals surface area contributed by atoms with Crippen LogP contribution in [0, 0.1) is 5.82 Å². The fraction of sp³-hybridized carbons (Fsp3) is 0.320. The van der Waals surface area contributed by atoms with Gasteiger partial charge < -0.3 is 5.11 Å². The Morgan fingerprint density at radius 3 is 2.69 bits per heavy atom. The van der Waals surface area contributed by atoms with Crippen LogP contribution in [0.2, 0.25) is 5.02 Å². The number of aromatic carboxylic acids is 1. The van der Waals surface area contributed by atoms with Gasteiger partial charge in [-0.3, -0.25) is 4.90 Å². The molecule has 1 aliphatic rings. The zero-order valence-electron chi connectivity index (χ0n) is 17.7. The van der Waals surface area contributed by atoms with Crippen LogP contribution in [0.4, 0.5) is 4.39 Å². The molecule has 1 atom stereocenters. The normalized spacial score (nSPS) is 16.8. The van der Waals surface area contributed by atoms with Gasteiger partial charge in [-0.1, -0.05) is 42.3 Å². The molecule has 0 saturated carbocycles. The molecule has 2 heterocycles. The maximum Gasteiger partial charge on any atom is 0.339 e. The van der Waals surface area contributed by atoms with Crippen molar-refractivity contribution in [2.45, 2.75) is 44.7 Å². The number of hydrogen-bond acceptors (Lipinski definition) is 4. The largest absolute Gasteiger partial charge is 0.478 e.